The highest BCUT2D eigenvalue weighted by atomic mass is 127. The lowest BCUT2D eigenvalue weighted by atomic mass is 10.4. The summed E-state index contributed by atoms with van der Waals surface area (Å²) < 4.78 is 0. The molecule has 0 atom stereocenters. The molecule has 5 nitrogen and oxygen atoms in total. The number of guanidine groups is 1. The molecule has 0 aliphatic carbocycles. The lowest BCUT2D eigenvalue weighted by Crippen LogP contribution is -2.37. The largest absolute Gasteiger partial charge is 0.357 e. The van der Waals surface area contributed by atoms with Gasteiger partial charge in [-0.2, -0.15) is 0 Å². The molecular weight excluding hydrogens is 319 g/mol. The van der Waals surface area contributed by atoms with Crippen LogP contribution in [0.5, 0.6) is 0 Å². The second kappa shape index (κ2) is 11.0. The number of hydrogen-bond donors (Lipinski definition) is 2. The van der Waals surface area contributed by atoms with E-state index in [1.54, 1.807) is 19.0 Å². The normalized spacial score (nSPS) is 8.75. The molecule has 0 aliphatic heterocycles. The van der Waals surface area contributed by atoms with Crippen LogP contribution in [-0.2, 0) is 4.79 Å². The average molecular weight is 342 g/mol. The van der Waals surface area contributed by atoms with E-state index in [2.05, 4.69) is 15.6 Å². The van der Waals surface area contributed by atoms with E-state index in [4.69, 9.17) is 0 Å². The maximum Gasteiger partial charge on any atom is 0.223 e. The Balaban J connectivity index is 0. The number of aliphatic imine (C=N–C) groups is 1. The Kier molecular flexibility index (Phi) is 12.2. The average Bonchev–Trinajstić information content (AvgIpc) is 2.18. The zero-order valence-electron chi connectivity index (χ0n) is 10.5. The summed E-state index contributed by atoms with van der Waals surface area (Å²) >= 11 is 0. The maximum atomic E-state index is 11.3. The fraction of sp³-hybridized carbons (Fsp3) is 0.800. The van der Waals surface area contributed by atoms with Crippen LogP contribution in [0.2, 0.25) is 0 Å². The number of amides is 1. The molecule has 0 aromatic rings. The number of halogens is 1. The molecule has 0 unspecified atom stereocenters. The van der Waals surface area contributed by atoms with E-state index in [0.29, 0.717) is 13.0 Å². The van der Waals surface area contributed by atoms with Gasteiger partial charge in [-0.05, 0) is 13.8 Å². The van der Waals surface area contributed by atoms with Crippen molar-refractivity contribution in [3.05, 3.63) is 0 Å². The minimum atomic E-state index is 0. The van der Waals surface area contributed by atoms with Gasteiger partial charge < -0.3 is 15.5 Å². The molecular formula is C10H23IN4O. The molecule has 0 bridgehead atoms. The molecule has 0 aliphatic rings. The monoisotopic (exact) mass is 342 g/mol. The number of rotatable bonds is 5. The van der Waals surface area contributed by atoms with Gasteiger partial charge in [0.15, 0.2) is 5.96 Å². The Hall–Kier alpha value is -0.530. The molecule has 0 heterocycles. The molecule has 6 heteroatoms. The first-order chi connectivity index (χ1) is 7.11. The fourth-order valence-electron chi connectivity index (χ4n) is 0.996. The molecule has 0 rings (SSSR count). The second-order valence-electron chi connectivity index (χ2n) is 3.33. The summed E-state index contributed by atoms with van der Waals surface area (Å²) in [5.74, 6) is 0.873. The van der Waals surface area contributed by atoms with Crippen molar-refractivity contribution in [3.8, 4) is 0 Å². The first-order valence-corrected chi connectivity index (χ1v) is 5.34. The number of carbonyl (C=O) groups is 1. The van der Waals surface area contributed by atoms with Crippen molar-refractivity contribution in [1.82, 2.24) is 15.5 Å². The highest BCUT2D eigenvalue weighted by molar-refractivity contribution is 14.0. The number of nitrogens with zero attached hydrogens (tertiary/aromatic N) is 2. The summed E-state index contributed by atoms with van der Waals surface area (Å²) in [7, 11) is 3.50. The van der Waals surface area contributed by atoms with Crippen LogP contribution in [0.3, 0.4) is 0 Å². The van der Waals surface area contributed by atoms with Gasteiger partial charge >= 0.3 is 0 Å². The lowest BCUT2D eigenvalue weighted by Gasteiger charge is -2.10. The second-order valence-corrected chi connectivity index (χ2v) is 3.33. The summed E-state index contributed by atoms with van der Waals surface area (Å²) in [5.41, 5.74) is 0. The Labute approximate surface area is 115 Å². The van der Waals surface area contributed by atoms with Crippen LogP contribution in [0, 0.1) is 0 Å². The predicted molar refractivity (Wildman–Crippen MR) is 78.4 cm³/mol. The van der Waals surface area contributed by atoms with Gasteiger partial charge in [0.2, 0.25) is 5.91 Å². The first kappa shape index (κ1) is 17.9. The quantitative estimate of drug-likeness (QED) is 0.438. The maximum absolute atomic E-state index is 11.3. The third-order valence-corrected chi connectivity index (χ3v) is 1.78. The van der Waals surface area contributed by atoms with E-state index in [-0.39, 0.29) is 29.9 Å². The summed E-state index contributed by atoms with van der Waals surface area (Å²) in [6.07, 6.45) is 0.452. The minimum Gasteiger partial charge on any atom is -0.357 e. The molecule has 0 saturated carbocycles. The van der Waals surface area contributed by atoms with E-state index in [1.165, 1.54) is 0 Å². The van der Waals surface area contributed by atoms with Gasteiger partial charge in [-0.15, -0.1) is 24.0 Å². The molecule has 16 heavy (non-hydrogen) atoms. The van der Waals surface area contributed by atoms with Crippen LogP contribution >= 0.6 is 24.0 Å². The van der Waals surface area contributed by atoms with E-state index >= 15 is 0 Å². The van der Waals surface area contributed by atoms with Crippen molar-refractivity contribution >= 4 is 35.8 Å². The lowest BCUT2D eigenvalue weighted by molar-refractivity contribution is -0.128. The van der Waals surface area contributed by atoms with Gasteiger partial charge in [0.1, 0.15) is 0 Å². The van der Waals surface area contributed by atoms with Gasteiger partial charge in [0.05, 0.1) is 6.54 Å². The minimum absolute atomic E-state index is 0. The van der Waals surface area contributed by atoms with Gasteiger partial charge in [0.25, 0.3) is 0 Å². The van der Waals surface area contributed by atoms with Crippen LogP contribution in [0.1, 0.15) is 20.3 Å². The van der Waals surface area contributed by atoms with Crippen LogP contribution in [0.25, 0.3) is 0 Å². The molecule has 0 aromatic heterocycles. The third kappa shape index (κ3) is 8.75. The van der Waals surface area contributed by atoms with Crippen molar-refractivity contribution < 1.29 is 4.79 Å². The van der Waals surface area contributed by atoms with Crippen molar-refractivity contribution in [2.24, 2.45) is 4.99 Å². The third-order valence-electron chi connectivity index (χ3n) is 1.78. The number of hydrogen-bond acceptors (Lipinski definition) is 2. The van der Waals surface area contributed by atoms with Crippen LogP contribution in [0.15, 0.2) is 4.99 Å². The zero-order chi connectivity index (χ0) is 11.7. The summed E-state index contributed by atoms with van der Waals surface area (Å²) in [4.78, 5) is 17.1. The highest BCUT2D eigenvalue weighted by Gasteiger charge is 2.02. The molecule has 96 valence electrons. The van der Waals surface area contributed by atoms with Gasteiger partial charge in [-0.3, -0.25) is 9.79 Å². The molecule has 2 N–H and O–H groups in total. The molecule has 1 amide bonds. The van der Waals surface area contributed by atoms with Crippen molar-refractivity contribution in [2.75, 3.05) is 33.7 Å². The molecule has 0 radical (unpaired) electrons. The smallest absolute Gasteiger partial charge is 0.223 e. The molecule has 0 spiro atoms. The number of nitrogens with one attached hydrogen (secondary N) is 2. The van der Waals surface area contributed by atoms with Crippen LogP contribution in [0.4, 0.5) is 0 Å². The summed E-state index contributed by atoms with van der Waals surface area (Å²) in [5, 5.41) is 6.20. The van der Waals surface area contributed by atoms with E-state index in [9.17, 15) is 4.79 Å². The van der Waals surface area contributed by atoms with Crippen molar-refractivity contribution in [3.63, 3.8) is 0 Å². The topological polar surface area (TPSA) is 56.7 Å². The van der Waals surface area contributed by atoms with Crippen LogP contribution < -0.4 is 10.6 Å². The van der Waals surface area contributed by atoms with Gasteiger partial charge in [-0.1, -0.05) is 0 Å². The summed E-state index contributed by atoms with van der Waals surface area (Å²) in [6, 6.07) is 0. The zero-order valence-corrected chi connectivity index (χ0v) is 12.9. The van der Waals surface area contributed by atoms with Crippen molar-refractivity contribution in [2.45, 2.75) is 20.3 Å². The highest BCUT2D eigenvalue weighted by Crippen LogP contribution is 1.87. The number of carbonyl (C=O) groups excluding carboxylic acids is 1. The standard InChI is InChI=1S/C10H22N4O.HI/c1-5-11-10(12-6-2)13-8-7-9(15)14(3)4;/h5-8H2,1-4H3,(H2,11,12,13);1H. The molecule has 0 fully saturated rings. The SMILES string of the molecule is CCNC(=NCCC(=O)N(C)C)NCC.I. The predicted octanol–water partition coefficient (Wildman–Crippen LogP) is 0.658. The van der Waals surface area contributed by atoms with Gasteiger partial charge in [-0.25, -0.2) is 0 Å². The fourth-order valence-corrected chi connectivity index (χ4v) is 0.996. The Morgan fingerprint density at radius 1 is 1.19 bits per heavy atom. The Bertz CT molecular complexity index is 211. The molecule has 0 saturated heterocycles. The van der Waals surface area contributed by atoms with Gasteiger partial charge in [0, 0.05) is 33.6 Å². The summed E-state index contributed by atoms with van der Waals surface area (Å²) in [6.45, 7) is 6.20. The first-order valence-electron chi connectivity index (χ1n) is 5.34. The van der Waals surface area contributed by atoms with Crippen molar-refractivity contribution in [1.29, 1.82) is 0 Å². The Morgan fingerprint density at radius 3 is 2.06 bits per heavy atom. The van der Waals surface area contributed by atoms with E-state index < -0.39 is 0 Å². The Morgan fingerprint density at radius 2 is 1.69 bits per heavy atom. The van der Waals surface area contributed by atoms with Crippen LogP contribution in [-0.4, -0.2) is 50.5 Å². The molecule has 0 aromatic carbocycles. The van der Waals surface area contributed by atoms with E-state index in [0.717, 1.165) is 19.0 Å². The van der Waals surface area contributed by atoms with E-state index in [1.807, 2.05) is 13.8 Å².